The molecule has 0 radical (unpaired) electrons. The second-order valence-electron chi connectivity index (χ2n) is 7.86. The molecule has 0 aliphatic heterocycles. The van der Waals surface area contributed by atoms with Crippen LogP contribution in [0.25, 0.3) is 5.69 Å². The van der Waals surface area contributed by atoms with Crippen LogP contribution in [-0.4, -0.2) is 53.0 Å². The maximum atomic E-state index is 6.53. The summed E-state index contributed by atoms with van der Waals surface area (Å²) in [5, 5.41) is 9.57. The minimum absolute atomic E-state index is 0.128. The molecule has 3 aromatic rings. The third-order valence-electron chi connectivity index (χ3n) is 5.82. The fourth-order valence-corrected chi connectivity index (χ4v) is 4.79. The van der Waals surface area contributed by atoms with Gasteiger partial charge in [-0.3, -0.25) is 9.47 Å². The van der Waals surface area contributed by atoms with Crippen LogP contribution in [0.5, 0.6) is 5.75 Å². The molecule has 0 N–H and O–H groups in total. The molecule has 4 rings (SSSR count). The zero-order chi connectivity index (χ0) is 22.1. The highest BCUT2D eigenvalue weighted by Crippen LogP contribution is 2.42. The fraction of sp³-hybridized carbons (Fsp3) is 0.391. The molecule has 8 heteroatoms. The number of aromatic nitrogens is 3. The lowest BCUT2D eigenvalue weighted by molar-refractivity contribution is 0.0734. The molecule has 164 valence electrons. The first kappa shape index (κ1) is 22.1. The predicted molar refractivity (Wildman–Crippen MR) is 123 cm³/mol. The summed E-state index contributed by atoms with van der Waals surface area (Å²) in [5.41, 5.74) is 3.14. The second kappa shape index (κ2) is 9.17. The summed E-state index contributed by atoms with van der Waals surface area (Å²) in [7, 11) is 3.80. The van der Waals surface area contributed by atoms with Gasteiger partial charge in [0, 0.05) is 35.0 Å². The first-order valence-corrected chi connectivity index (χ1v) is 11.0. The molecular formula is C23H26Cl2N4O2. The Bertz CT molecular complexity index is 1050. The van der Waals surface area contributed by atoms with Crippen molar-refractivity contribution in [3.8, 4) is 11.4 Å². The summed E-state index contributed by atoms with van der Waals surface area (Å²) in [4.78, 5) is 2.26. The summed E-state index contributed by atoms with van der Waals surface area (Å²) in [6.45, 7) is 5.32. The van der Waals surface area contributed by atoms with Gasteiger partial charge in [-0.2, -0.15) is 0 Å². The quantitative estimate of drug-likeness (QED) is 0.505. The lowest BCUT2D eigenvalue weighted by Crippen LogP contribution is -2.39. The molecule has 1 aliphatic rings. The number of hydrogen-bond donors (Lipinski definition) is 0. The Hall–Kier alpha value is -2.12. The van der Waals surface area contributed by atoms with Gasteiger partial charge in [0.25, 0.3) is 0 Å². The SMILES string of the molecule is COCCN(C)[C@H]1Cc2c(Cl)cc(Cl)cc2[C@@H]1Oc1ccc(-n2c(C)nnc2C)cc1. The van der Waals surface area contributed by atoms with Crippen LogP contribution in [0.1, 0.15) is 28.9 Å². The van der Waals surface area contributed by atoms with Gasteiger partial charge in [-0.25, -0.2) is 0 Å². The third kappa shape index (κ3) is 4.44. The van der Waals surface area contributed by atoms with E-state index in [1.165, 1.54) is 0 Å². The number of halogens is 2. The standard InChI is InChI=1S/C23H26Cl2N4O2/c1-14-26-27-15(2)29(14)17-5-7-18(8-6-17)31-23-20-11-16(24)12-21(25)19(20)13-22(23)28(3)9-10-30-4/h5-8,11-12,22-23H,9-10,13H2,1-4H3/t22-,23-/m0/s1. The lowest BCUT2D eigenvalue weighted by Gasteiger charge is -2.30. The van der Waals surface area contributed by atoms with E-state index in [0.29, 0.717) is 16.7 Å². The highest BCUT2D eigenvalue weighted by Gasteiger charge is 2.38. The number of likely N-dealkylation sites (N-methyl/N-ethyl adjacent to an activating group) is 1. The van der Waals surface area contributed by atoms with Crippen LogP contribution in [0.3, 0.4) is 0 Å². The number of rotatable bonds is 7. The Labute approximate surface area is 192 Å². The van der Waals surface area contributed by atoms with Crippen molar-refractivity contribution in [2.45, 2.75) is 32.4 Å². The number of benzene rings is 2. The largest absolute Gasteiger partial charge is 0.484 e. The lowest BCUT2D eigenvalue weighted by atomic mass is 10.1. The topological polar surface area (TPSA) is 52.4 Å². The molecule has 1 aromatic heterocycles. The Morgan fingerprint density at radius 2 is 1.77 bits per heavy atom. The zero-order valence-corrected chi connectivity index (χ0v) is 19.6. The van der Waals surface area contributed by atoms with E-state index in [9.17, 15) is 0 Å². The minimum Gasteiger partial charge on any atom is -0.484 e. The first-order valence-electron chi connectivity index (χ1n) is 10.2. The Balaban J connectivity index is 1.63. The molecule has 0 saturated carbocycles. The van der Waals surface area contributed by atoms with E-state index in [4.69, 9.17) is 32.7 Å². The van der Waals surface area contributed by atoms with Crippen molar-refractivity contribution in [1.29, 1.82) is 0 Å². The minimum atomic E-state index is -0.183. The van der Waals surface area contributed by atoms with Crippen molar-refractivity contribution in [2.75, 3.05) is 27.3 Å². The van der Waals surface area contributed by atoms with E-state index in [-0.39, 0.29) is 12.1 Å². The molecule has 0 bridgehead atoms. The molecule has 31 heavy (non-hydrogen) atoms. The maximum Gasteiger partial charge on any atom is 0.140 e. The summed E-state index contributed by atoms with van der Waals surface area (Å²) in [6.07, 6.45) is 0.616. The van der Waals surface area contributed by atoms with Gasteiger partial charge in [-0.05, 0) is 69.3 Å². The highest BCUT2D eigenvalue weighted by atomic mass is 35.5. The van der Waals surface area contributed by atoms with Crippen molar-refractivity contribution >= 4 is 23.2 Å². The zero-order valence-electron chi connectivity index (χ0n) is 18.1. The Morgan fingerprint density at radius 3 is 2.42 bits per heavy atom. The van der Waals surface area contributed by atoms with E-state index in [1.54, 1.807) is 13.2 Å². The van der Waals surface area contributed by atoms with Gasteiger partial charge in [-0.1, -0.05) is 23.2 Å². The summed E-state index contributed by atoms with van der Waals surface area (Å²) in [6, 6.07) is 11.9. The van der Waals surface area contributed by atoms with E-state index in [1.807, 2.05) is 48.7 Å². The molecule has 0 spiro atoms. The number of hydrogen-bond acceptors (Lipinski definition) is 5. The van der Waals surface area contributed by atoms with Gasteiger partial charge in [-0.15, -0.1) is 10.2 Å². The molecule has 1 aliphatic carbocycles. The highest BCUT2D eigenvalue weighted by molar-refractivity contribution is 6.35. The number of aryl methyl sites for hydroxylation is 2. The van der Waals surface area contributed by atoms with Gasteiger partial charge in [0.05, 0.1) is 12.6 Å². The van der Waals surface area contributed by atoms with E-state index in [2.05, 4.69) is 22.1 Å². The molecular weight excluding hydrogens is 435 g/mol. The summed E-state index contributed by atoms with van der Waals surface area (Å²) < 4.78 is 13.8. The van der Waals surface area contributed by atoms with Crippen molar-refractivity contribution in [1.82, 2.24) is 19.7 Å². The van der Waals surface area contributed by atoms with Crippen LogP contribution < -0.4 is 4.74 Å². The molecule has 2 aromatic carbocycles. The van der Waals surface area contributed by atoms with E-state index in [0.717, 1.165) is 47.2 Å². The van der Waals surface area contributed by atoms with Crippen LogP contribution in [0, 0.1) is 13.8 Å². The van der Waals surface area contributed by atoms with Crippen LogP contribution in [-0.2, 0) is 11.2 Å². The van der Waals surface area contributed by atoms with Crippen LogP contribution in [0.4, 0.5) is 0 Å². The van der Waals surface area contributed by atoms with E-state index < -0.39 is 0 Å². The Kier molecular flexibility index (Phi) is 6.53. The molecule has 0 amide bonds. The van der Waals surface area contributed by atoms with Gasteiger partial charge < -0.3 is 9.47 Å². The van der Waals surface area contributed by atoms with Gasteiger partial charge in [0.2, 0.25) is 0 Å². The monoisotopic (exact) mass is 460 g/mol. The molecule has 1 heterocycles. The molecule has 6 nitrogen and oxygen atoms in total. The number of fused-ring (bicyclic) bond motifs is 1. The molecule has 2 atom stereocenters. The van der Waals surface area contributed by atoms with Gasteiger partial charge in [0.15, 0.2) is 0 Å². The Morgan fingerprint density at radius 1 is 1.10 bits per heavy atom. The molecule has 0 unspecified atom stereocenters. The fourth-order valence-electron chi connectivity index (χ4n) is 4.21. The van der Waals surface area contributed by atoms with Crippen molar-refractivity contribution in [3.63, 3.8) is 0 Å². The summed E-state index contributed by atoms with van der Waals surface area (Å²) in [5.74, 6) is 2.48. The van der Waals surface area contributed by atoms with Crippen molar-refractivity contribution in [2.24, 2.45) is 0 Å². The number of nitrogens with zero attached hydrogens (tertiary/aromatic N) is 4. The van der Waals surface area contributed by atoms with Gasteiger partial charge >= 0.3 is 0 Å². The number of methoxy groups -OCH3 is 1. The summed E-state index contributed by atoms with van der Waals surface area (Å²) >= 11 is 12.9. The molecule has 0 fully saturated rings. The van der Waals surface area contributed by atoms with Gasteiger partial charge in [0.1, 0.15) is 23.5 Å². The average Bonchev–Trinajstić information content (AvgIpc) is 3.27. The predicted octanol–water partition coefficient (Wildman–Crippen LogP) is 4.81. The number of ether oxygens (including phenoxy) is 2. The second-order valence-corrected chi connectivity index (χ2v) is 8.71. The first-order chi connectivity index (χ1) is 14.9. The van der Waals surface area contributed by atoms with Crippen LogP contribution >= 0.6 is 23.2 Å². The van der Waals surface area contributed by atoms with Crippen molar-refractivity contribution < 1.29 is 9.47 Å². The average molecular weight is 461 g/mol. The van der Waals surface area contributed by atoms with Crippen molar-refractivity contribution in [3.05, 3.63) is 69.2 Å². The van der Waals surface area contributed by atoms with Crippen LogP contribution in [0.2, 0.25) is 10.0 Å². The third-order valence-corrected chi connectivity index (χ3v) is 6.38. The smallest absolute Gasteiger partial charge is 0.140 e. The van der Waals surface area contributed by atoms with Crippen LogP contribution in [0.15, 0.2) is 36.4 Å². The van der Waals surface area contributed by atoms with E-state index >= 15 is 0 Å². The molecule has 0 saturated heterocycles. The maximum absolute atomic E-state index is 6.53. The normalized spacial score (nSPS) is 17.9.